The van der Waals surface area contributed by atoms with E-state index in [9.17, 15) is 38.4 Å². The lowest BCUT2D eigenvalue weighted by Crippen LogP contribution is -2.37. The monoisotopic (exact) mass is 1100 g/mol. The zero-order chi connectivity index (χ0) is 55.8. The van der Waals surface area contributed by atoms with E-state index < -0.39 is 53.0 Å². The van der Waals surface area contributed by atoms with E-state index in [4.69, 9.17) is 18.5 Å². The van der Waals surface area contributed by atoms with Crippen LogP contribution in [-0.2, 0) is 55.8 Å². The van der Waals surface area contributed by atoms with Crippen LogP contribution in [0.4, 0.5) is 0 Å². The minimum absolute atomic E-state index is 0.00874. The number of hydrogen-bond donors (Lipinski definition) is 1. The number of nitrogens with zero attached hydrogens (tertiary/aromatic N) is 2. The van der Waals surface area contributed by atoms with E-state index in [0.717, 1.165) is 32.1 Å². The van der Waals surface area contributed by atoms with Crippen molar-refractivity contribution in [2.45, 2.75) is 245 Å². The van der Waals surface area contributed by atoms with Crippen molar-refractivity contribution in [3.05, 3.63) is 0 Å². The molecule has 0 saturated carbocycles. The van der Waals surface area contributed by atoms with Crippen LogP contribution in [0.25, 0.3) is 0 Å². The van der Waals surface area contributed by atoms with Crippen molar-refractivity contribution >= 4 is 33.6 Å². The van der Waals surface area contributed by atoms with E-state index in [1.54, 1.807) is 6.92 Å². The number of likely N-dealkylation sites (N-methyl/N-ethyl adjacent to an activating group) is 2. The van der Waals surface area contributed by atoms with Gasteiger partial charge in [0.05, 0.1) is 55.5 Å². The summed E-state index contributed by atoms with van der Waals surface area (Å²) in [5, 5.41) is 9.39. The van der Waals surface area contributed by atoms with Crippen LogP contribution in [0.1, 0.15) is 233 Å². The SMILES string of the molecule is CCC(=O)OC[C@H](O)COP(=O)([O-])OCC[N+](C)(C)C.CCCCCCCCCCCCCCCCCC(=O)OC[C@@H](COP(=O)([O-])OCC[N+](C)(C)C)OC(=O)CCCCCCCCCCCCCCCCC. The Morgan fingerprint density at radius 1 is 0.419 bits per heavy atom. The molecule has 0 aromatic rings. The summed E-state index contributed by atoms with van der Waals surface area (Å²) in [6.45, 7) is 5.53. The molecule has 0 amide bonds. The molecule has 0 spiro atoms. The molecule has 0 saturated heterocycles. The van der Waals surface area contributed by atoms with Crippen LogP contribution in [0.2, 0.25) is 0 Å². The number of aliphatic hydroxyl groups is 1. The van der Waals surface area contributed by atoms with Gasteiger partial charge in [0, 0.05) is 19.3 Å². The van der Waals surface area contributed by atoms with E-state index in [-0.39, 0.29) is 51.7 Å². The molecule has 0 aliphatic carbocycles. The van der Waals surface area contributed by atoms with Crippen molar-refractivity contribution in [2.24, 2.45) is 0 Å². The molecule has 0 fully saturated rings. The predicted octanol–water partition coefficient (Wildman–Crippen LogP) is 11.7. The quantitative estimate of drug-likeness (QED) is 0.0197. The topological polar surface area (TPSA) is 216 Å². The van der Waals surface area contributed by atoms with E-state index >= 15 is 0 Å². The second kappa shape index (κ2) is 48.6. The first-order chi connectivity index (χ1) is 35.0. The minimum Gasteiger partial charge on any atom is -0.756 e. The lowest BCUT2D eigenvalue weighted by Gasteiger charge is -2.28. The molecule has 0 rings (SSSR count). The van der Waals surface area contributed by atoms with Crippen molar-refractivity contribution in [2.75, 3.05) is 95.0 Å². The van der Waals surface area contributed by atoms with Crippen molar-refractivity contribution < 1.29 is 79.7 Å². The number of aliphatic hydroxyl groups excluding tert-OH is 1. The third-order valence-electron chi connectivity index (χ3n) is 12.3. The summed E-state index contributed by atoms with van der Waals surface area (Å²) in [5.41, 5.74) is 0. The first kappa shape index (κ1) is 74.6. The Morgan fingerprint density at radius 2 is 0.730 bits per heavy atom. The fourth-order valence-corrected chi connectivity index (χ4v) is 8.98. The number of quaternary nitrogens is 2. The molecule has 0 aromatic heterocycles. The van der Waals surface area contributed by atoms with Crippen molar-refractivity contribution in [1.29, 1.82) is 0 Å². The number of phosphoric ester groups is 2. The number of phosphoric acid groups is 2. The molecule has 2 unspecified atom stereocenters. The number of rotatable bonds is 52. The highest BCUT2D eigenvalue weighted by molar-refractivity contribution is 7.46. The fourth-order valence-electron chi connectivity index (χ4n) is 7.52. The summed E-state index contributed by atoms with van der Waals surface area (Å²) in [6, 6.07) is 0. The lowest BCUT2D eigenvalue weighted by atomic mass is 10.0. The largest absolute Gasteiger partial charge is 0.756 e. The summed E-state index contributed by atoms with van der Waals surface area (Å²) in [4.78, 5) is 59.7. The van der Waals surface area contributed by atoms with Gasteiger partial charge in [0.25, 0.3) is 15.6 Å². The van der Waals surface area contributed by atoms with Crippen LogP contribution in [0.5, 0.6) is 0 Å². The Bertz CT molecular complexity index is 1430. The zero-order valence-corrected chi connectivity index (χ0v) is 50.4. The van der Waals surface area contributed by atoms with Gasteiger partial charge in [-0.15, -0.1) is 0 Å². The van der Waals surface area contributed by atoms with Crippen LogP contribution in [-0.4, -0.2) is 139 Å². The Morgan fingerprint density at radius 3 is 1.07 bits per heavy atom. The third-order valence-corrected chi connectivity index (χ3v) is 14.2. The van der Waals surface area contributed by atoms with Gasteiger partial charge in [0.2, 0.25) is 0 Å². The van der Waals surface area contributed by atoms with E-state index in [2.05, 4.69) is 27.6 Å². The van der Waals surface area contributed by atoms with Gasteiger partial charge in [-0.25, -0.2) is 0 Å². The highest BCUT2D eigenvalue weighted by Crippen LogP contribution is 2.39. The molecule has 17 nitrogen and oxygen atoms in total. The van der Waals surface area contributed by atoms with Gasteiger partial charge in [-0.05, 0) is 12.8 Å². The third kappa shape index (κ3) is 58.2. The van der Waals surface area contributed by atoms with Gasteiger partial charge in [0.1, 0.15) is 45.6 Å². The maximum Gasteiger partial charge on any atom is 0.306 e. The first-order valence-corrected chi connectivity index (χ1v) is 32.0. The highest BCUT2D eigenvalue weighted by atomic mass is 31.2. The fraction of sp³-hybridized carbons (Fsp3) is 0.945. The number of hydrogen-bond acceptors (Lipinski definition) is 15. The van der Waals surface area contributed by atoms with Crippen LogP contribution < -0.4 is 9.79 Å². The molecule has 0 heterocycles. The molecule has 0 aromatic carbocycles. The van der Waals surface area contributed by atoms with Crippen molar-refractivity contribution in [1.82, 2.24) is 0 Å². The Hall–Kier alpha value is -1.49. The first-order valence-electron chi connectivity index (χ1n) is 29.0. The summed E-state index contributed by atoms with van der Waals surface area (Å²) in [6.07, 6.45) is 35.9. The second-order valence-electron chi connectivity index (χ2n) is 22.1. The number of unbranched alkanes of at least 4 members (excludes halogenated alkanes) is 28. The number of carbonyl (C=O) groups excluding carboxylic acids is 3. The summed E-state index contributed by atoms with van der Waals surface area (Å²) < 4.78 is 59.6. The second-order valence-corrected chi connectivity index (χ2v) is 24.9. The summed E-state index contributed by atoms with van der Waals surface area (Å²) >= 11 is 0. The van der Waals surface area contributed by atoms with Crippen LogP contribution in [0.3, 0.4) is 0 Å². The normalized spacial score (nSPS) is 14.3. The molecule has 1 N–H and O–H groups in total. The van der Waals surface area contributed by atoms with E-state index in [1.807, 2.05) is 42.3 Å². The number of ether oxygens (including phenoxy) is 3. The summed E-state index contributed by atoms with van der Waals surface area (Å²) in [5.74, 6) is -1.30. The molecule has 0 aliphatic rings. The van der Waals surface area contributed by atoms with Gasteiger partial charge >= 0.3 is 17.9 Å². The average Bonchev–Trinajstić information content (AvgIpc) is 3.32. The smallest absolute Gasteiger partial charge is 0.306 e. The maximum absolute atomic E-state index is 12.7. The highest BCUT2D eigenvalue weighted by Gasteiger charge is 2.22. The summed E-state index contributed by atoms with van der Waals surface area (Å²) in [7, 11) is 2.42. The molecule has 0 bridgehead atoms. The zero-order valence-electron chi connectivity index (χ0n) is 48.6. The Kier molecular flexibility index (Phi) is 49.0. The molecule has 4 atom stereocenters. The van der Waals surface area contributed by atoms with Crippen LogP contribution in [0, 0.1) is 0 Å². The molecule has 0 aliphatic heterocycles. The lowest BCUT2D eigenvalue weighted by molar-refractivity contribution is -0.870. The predicted molar refractivity (Wildman–Crippen MR) is 292 cm³/mol. The van der Waals surface area contributed by atoms with Crippen molar-refractivity contribution in [3.63, 3.8) is 0 Å². The molecule has 442 valence electrons. The molecular formula is C55H112N2O15P2. The number of esters is 3. The Balaban J connectivity index is 0. The van der Waals surface area contributed by atoms with Crippen molar-refractivity contribution in [3.8, 4) is 0 Å². The Labute approximate surface area is 451 Å². The van der Waals surface area contributed by atoms with Gasteiger partial charge in [-0.2, -0.15) is 0 Å². The number of carbonyl (C=O) groups is 3. The molecule has 0 radical (unpaired) electrons. The minimum atomic E-state index is -4.62. The van der Waals surface area contributed by atoms with E-state index in [0.29, 0.717) is 28.5 Å². The van der Waals surface area contributed by atoms with E-state index in [1.165, 1.54) is 154 Å². The van der Waals surface area contributed by atoms with Gasteiger partial charge in [-0.1, -0.05) is 201 Å². The van der Waals surface area contributed by atoms with Gasteiger partial charge < -0.3 is 56.2 Å². The van der Waals surface area contributed by atoms with Crippen LogP contribution in [0.15, 0.2) is 0 Å². The van der Waals surface area contributed by atoms with Crippen LogP contribution >= 0.6 is 15.6 Å². The maximum atomic E-state index is 12.7. The molecule has 19 heteroatoms. The van der Waals surface area contributed by atoms with Gasteiger partial charge in [-0.3, -0.25) is 23.5 Å². The molecule has 74 heavy (non-hydrogen) atoms. The molecular weight excluding hydrogens is 991 g/mol. The standard InChI is InChI=1S/C44H88NO8P.C11H24NO7P/c1-6-8-10-12-14-16-18-20-22-24-26-28-30-32-34-36-43(46)50-40-42(41-52-54(48,49)51-39-38-45(3,4)5)53-44(47)37-35-33-31-29-27-25-23-21-19-17-15-13-11-9-7-2;1-5-11(14)17-8-10(13)9-19-20(15,16)18-7-6-12(2,3)4/h42H,6-41H2,1-5H3;10,13H,5-9H2,1-4H3/t42-;10-/m00/s1. The average molecular weight is 1100 g/mol. The van der Waals surface area contributed by atoms with Gasteiger partial charge in [0.15, 0.2) is 6.10 Å².